The van der Waals surface area contributed by atoms with Crippen LogP contribution in [0.15, 0.2) is 70.9 Å². The lowest BCUT2D eigenvalue weighted by Crippen LogP contribution is -2.20. The van der Waals surface area contributed by atoms with Crippen LogP contribution in [0.3, 0.4) is 0 Å². The highest BCUT2D eigenvalue weighted by molar-refractivity contribution is 14.1. The van der Waals surface area contributed by atoms with Crippen LogP contribution in [0, 0.1) is 7.14 Å². The number of hydrogen-bond donors (Lipinski definition) is 2. The minimum absolute atomic E-state index is 0.0571. The molecule has 12 heteroatoms. The van der Waals surface area contributed by atoms with Gasteiger partial charge in [0.15, 0.2) is 11.0 Å². The topological polar surface area (TPSA) is 102 Å². The summed E-state index contributed by atoms with van der Waals surface area (Å²) in [4.78, 5) is 12.5. The molecule has 3 aromatic carbocycles. The second-order valence-electron chi connectivity index (χ2n) is 7.25. The van der Waals surface area contributed by atoms with Gasteiger partial charge in [-0.1, -0.05) is 23.4 Å². The average Bonchev–Trinajstić information content (AvgIpc) is 3.30. The number of ether oxygens (including phenoxy) is 1. The molecule has 0 fully saturated rings. The molecule has 0 unspecified atom stereocenters. The predicted octanol–water partition coefficient (Wildman–Crippen LogP) is 5.75. The van der Waals surface area contributed by atoms with E-state index in [1.54, 1.807) is 25.3 Å². The lowest BCUT2D eigenvalue weighted by Gasteiger charge is -2.11. The van der Waals surface area contributed by atoms with Crippen molar-refractivity contribution in [3.63, 3.8) is 0 Å². The Bertz CT molecular complexity index is 1410. The highest BCUT2D eigenvalue weighted by Crippen LogP contribution is 2.30. The summed E-state index contributed by atoms with van der Waals surface area (Å²) >= 11 is 11.5. The Balaban J connectivity index is 1.52. The van der Waals surface area contributed by atoms with Crippen LogP contribution < -0.4 is 10.2 Å². The molecule has 0 spiro atoms. The fourth-order valence-electron chi connectivity index (χ4n) is 3.13. The van der Waals surface area contributed by atoms with E-state index >= 15 is 0 Å². The van der Waals surface area contributed by atoms with E-state index in [9.17, 15) is 9.90 Å². The van der Waals surface area contributed by atoms with Gasteiger partial charge in [0.25, 0.3) is 5.91 Å². The molecule has 8 nitrogen and oxygen atoms in total. The maximum atomic E-state index is 12.5. The second-order valence-corrected chi connectivity index (χ2v) is 11.0. The number of rotatable bonds is 8. The number of hydrogen-bond acceptors (Lipinski definition) is 7. The van der Waals surface area contributed by atoms with E-state index in [2.05, 4.69) is 43.3 Å². The minimum atomic E-state index is -0.326. The molecule has 4 rings (SSSR count). The third-order valence-electron chi connectivity index (χ3n) is 4.85. The van der Waals surface area contributed by atoms with Crippen LogP contribution in [0.1, 0.15) is 5.56 Å². The van der Waals surface area contributed by atoms with Crippen molar-refractivity contribution in [1.82, 2.24) is 20.2 Å². The van der Waals surface area contributed by atoms with Crippen LogP contribution in [0.5, 0.6) is 11.5 Å². The summed E-state index contributed by atoms with van der Waals surface area (Å²) < 4.78 is 8.77. The van der Waals surface area contributed by atoms with Crippen LogP contribution in [0.25, 0.3) is 17.1 Å². The third kappa shape index (κ3) is 6.49. The number of nitrogens with zero attached hydrogens (tertiary/aromatic N) is 4. The molecule has 0 aliphatic heterocycles. The number of methoxy groups -OCH3 is 1. The smallest absolute Gasteiger partial charge is 0.250 e. The number of aromatic hydroxyl groups is 1. The van der Waals surface area contributed by atoms with E-state index in [0.29, 0.717) is 25.1 Å². The molecule has 36 heavy (non-hydrogen) atoms. The molecule has 0 saturated carbocycles. The molecule has 1 heterocycles. The largest absolute Gasteiger partial charge is 0.506 e. The van der Waals surface area contributed by atoms with Crippen molar-refractivity contribution in [2.45, 2.75) is 5.16 Å². The minimum Gasteiger partial charge on any atom is -0.506 e. The van der Waals surface area contributed by atoms with Crippen LogP contribution >= 0.6 is 68.5 Å². The highest BCUT2D eigenvalue weighted by atomic mass is 127. The fraction of sp³-hybridized carbons (Fsp3) is 0.0833. The molecule has 0 aliphatic rings. The van der Waals surface area contributed by atoms with Crippen LogP contribution in [0.2, 0.25) is 5.02 Å². The molecule has 2 N–H and O–H groups in total. The Morgan fingerprint density at radius 1 is 1.17 bits per heavy atom. The summed E-state index contributed by atoms with van der Waals surface area (Å²) in [6.45, 7) is 0. The van der Waals surface area contributed by atoms with Crippen molar-refractivity contribution < 1.29 is 14.6 Å². The van der Waals surface area contributed by atoms with Gasteiger partial charge in [-0.2, -0.15) is 5.10 Å². The Morgan fingerprint density at radius 3 is 2.58 bits per heavy atom. The Labute approximate surface area is 243 Å². The average molecular weight is 746 g/mol. The number of nitrogens with one attached hydrogen (secondary N) is 1. The number of halogens is 3. The first-order valence-corrected chi connectivity index (χ1v) is 13.9. The maximum absolute atomic E-state index is 12.5. The van der Waals surface area contributed by atoms with Crippen molar-refractivity contribution in [3.05, 3.63) is 78.4 Å². The maximum Gasteiger partial charge on any atom is 0.250 e. The lowest BCUT2D eigenvalue weighted by molar-refractivity contribution is -0.118. The van der Waals surface area contributed by atoms with E-state index < -0.39 is 0 Å². The van der Waals surface area contributed by atoms with Gasteiger partial charge in [0.1, 0.15) is 11.5 Å². The van der Waals surface area contributed by atoms with Gasteiger partial charge in [0, 0.05) is 25.4 Å². The normalized spacial score (nSPS) is 11.1. The van der Waals surface area contributed by atoms with Crippen molar-refractivity contribution in [1.29, 1.82) is 0 Å². The number of hydrazone groups is 1. The molecular formula is C24H18ClI2N5O3S. The number of aromatic nitrogens is 3. The zero-order valence-corrected chi connectivity index (χ0v) is 24.5. The monoisotopic (exact) mass is 745 g/mol. The second kappa shape index (κ2) is 12.3. The van der Waals surface area contributed by atoms with Gasteiger partial charge < -0.3 is 9.84 Å². The number of phenolic OH excluding ortho intramolecular Hbond substituents is 1. The molecule has 0 bridgehead atoms. The quantitative estimate of drug-likeness (QED) is 0.103. The fourth-order valence-corrected chi connectivity index (χ4v) is 5.89. The molecule has 0 aliphatic carbocycles. The van der Waals surface area contributed by atoms with E-state index in [1.807, 2.05) is 69.6 Å². The number of amides is 1. The molecule has 1 amide bonds. The molecule has 184 valence electrons. The lowest BCUT2D eigenvalue weighted by atomic mass is 10.2. The molecule has 0 atom stereocenters. The van der Waals surface area contributed by atoms with Gasteiger partial charge in [0.05, 0.1) is 22.6 Å². The summed E-state index contributed by atoms with van der Waals surface area (Å²) in [7, 11) is 1.61. The Kier molecular flexibility index (Phi) is 9.09. The van der Waals surface area contributed by atoms with Gasteiger partial charge in [0.2, 0.25) is 0 Å². The van der Waals surface area contributed by atoms with E-state index in [4.69, 9.17) is 16.3 Å². The van der Waals surface area contributed by atoms with Gasteiger partial charge in [-0.25, -0.2) is 5.43 Å². The first-order chi connectivity index (χ1) is 17.4. The first kappa shape index (κ1) is 26.7. The highest BCUT2D eigenvalue weighted by Gasteiger charge is 2.17. The number of carbonyl (C=O) groups is 1. The predicted molar refractivity (Wildman–Crippen MR) is 158 cm³/mol. The van der Waals surface area contributed by atoms with Gasteiger partial charge in [-0.3, -0.25) is 9.36 Å². The standard InChI is InChI=1S/C24H18ClI2N5O3S/c1-35-19-8-2-14(3-9-19)23-30-31-24(32(23)18-6-4-16(25)5-7-18)36-13-21(33)29-28-12-15-10-17(26)11-20(27)22(15)34/h2-12,34H,13H2,1H3,(H,29,33)/b28-12+. The number of benzene rings is 3. The first-order valence-electron chi connectivity index (χ1n) is 10.3. The van der Waals surface area contributed by atoms with Gasteiger partial charge in [-0.05, 0) is 106 Å². The summed E-state index contributed by atoms with van der Waals surface area (Å²) in [5.74, 6) is 1.20. The third-order valence-corrected chi connectivity index (χ3v) is 7.48. The molecule has 0 radical (unpaired) electrons. The summed E-state index contributed by atoms with van der Waals surface area (Å²) in [6, 6.07) is 18.4. The van der Waals surface area contributed by atoms with Gasteiger partial charge >= 0.3 is 0 Å². The van der Waals surface area contributed by atoms with Crippen LogP contribution in [0.4, 0.5) is 0 Å². The van der Waals surface area contributed by atoms with Crippen molar-refractivity contribution in [2.24, 2.45) is 5.10 Å². The summed E-state index contributed by atoms with van der Waals surface area (Å²) in [5, 5.41) is 24.0. The number of carbonyl (C=O) groups excluding carboxylic acids is 1. The van der Waals surface area contributed by atoms with Crippen LogP contribution in [-0.4, -0.2) is 44.9 Å². The van der Waals surface area contributed by atoms with Crippen molar-refractivity contribution in [3.8, 4) is 28.6 Å². The van der Waals surface area contributed by atoms with Crippen molar-refractivity contribution in [2.75, 3.05) is 12.9 Å². The zero-order chi connectivity index (χ0) is 25.7. The van der Waals surface area contributed by atoms with E-state index in [0.717, 1.165) is 20.6 Å². The molecule has 0 saturated heterocycles. The van der Waals surface area contributed by atoms with Crippen LogP contribution in [-0.2, 0) is 4.79 Å². The molecule has 1 aromatic heterocycles. The van der Waals surface area contributed by atoms with Gasteiger partial charge in [-0.15, -0.1) is 10.2 Å². The molecule has 4 aromatic rings. The van der Waals surface area contributed by atoms with E-state index in [-0.39, 0.29) is 17.4 Å². The van der Waals surface area contributed by atoms with Crippen molar-refractivity contribution >= 4 is 80.7 Å². The summed E-state index contributed by atoms with van der Waals surface area (Å²) in [5.41, 5.74) is 4.65. The van der Waals surface area contributed by atoms with E-state index in [1.165, 1.54) is 18.0 Å². The SMILES string of the molecule is COc1ccc(-c2nnc(SCC(=O)N/N=C/c3cc(I)cc(I)c3O)n2-c2ccc(Cl)cc2)cc1. The Morgan fingerprint density at radius 2 is 1.89 bits per heavy atom. The summed E-state index contributed by atoms with van der Waals surface area (Å²) in [6.07, 6.45) is 1.42. The number of thioether (sulfide) groups is 1. The molecular weight excluding hydrogens is 728 g/mol. The Hall–Kier alpha value is -2.36. The number of phenols is 1. The zero-order valence-electron chi connectivity index (χ0n) is 18.7.